The van der Waals surface area contributed by atoms with Crippen molar-refractivity contribution in [1.82, 2.24) is 63.7 Å². The lowest BCUT2D eigenvalue weighted by Crippen LogP contribution is -2.49. The molecule has 0 aromatic heterocycles. The number of hydrogen-bond donors (Lipinski definition) is 0. The predicted octanol–water partition coefficient (Wildman–Crippen LogP) is 22.3. The van der Waals surface area contributed by atoms with Crippen molar-refractivity contribution in [2.75, 3.05) is 192 Å². The Morgan fingerprint density at radius 3 is 1.17 bits per heavy atom. The maximum atomic E-state index is 2.72. The molecule has 27 heterocycles. The Kier molecular flexibility index (Phi) is 40.2. The van der Waals surface area contributed by atoms with Gasteiger partial charge in [-0.2, -0.15) is 0 Å². The van der Waals surface area contributed by atoms with E-state index in [2.05, 4.69) is 189 Å². The van der Waals surface area contributed by atoms with E-state index in [4.69, 9.17) is 0 Å². The highest BCUT2D eigenvalue weighted by Gasteiger charge is 2.45. The summed E-state index contributed by atoms with van der Waals surface area (Å²) in [6.07, 6.45) is 61.5. The Bertz CT molecular complexity index is 2970. The third-order valence-corrected chi connectivity index (χ3v) is 41.7. The highest BCUT2D eigenvalue weighted by atomic mass is 15.2. The van der Waals surface area contributed by atoms with Gasteiger partial charge in [-0.05, 0) is 515 Å². The van der Waals surface area contributed by atoms with Gasteiger partial charge in [0.25, 0.3) is 0 Å². The van der Waals surface area contributed by atoms with Gasteiger partial charge in [0.05, 0.1) is 0 Å². The zero-order valence-corrected chi connectivity index (χ0v) is 87.7. The fourth-order valence-corrected chi connectivity index (χ4v) is 32.5. The van der Waals surface area contributed by atoms with E-state index >= 15 is 0 Å². The number of likely N-dealkylation sites (tertiary alicyclic amines) is 1. The average molecular weight is 1770 g/mol. The third-order valence-electron chi connectivity index (χ3n) is 41.7. The van der Waals surface area contributed by atoms with Crippen molar-refractivity contribution in [2.45, 2.75) is 420 Å². The van der Waals surface area contributed by atoms with Crippen molar-refractivity contribution in [2.24, 2.45) is 118 Å². The van der Waals surface area contributed by atoms with Gasteiger partial charge in [-0.3, -0.25) is 0 Å². The third kappa shape index (κ3) is 29.3. The van der Waals surface area contributed by atoms with Gasteiger partial charge in [-0.25, -0.2) is 0 Å². The molecule has 29 atom stereocenters. The molecule has 0 N–H and O–H groups in total. The van der Waals surface area contributed by atoms with E-state index in [0.717, 1.165) is 178 Å². The normalized spacial score (nSPS) is 47.6. The average Bonchev–Trinajstić information content (AvgIpc) is 1.78. The zero-order valence-electron chi connectivity index (χ0n) is 87.7. The van der Waals surface area contributed by atoms with Crippen LogP contribution in [0.15, 0.2) is 0 Å². The number of rotatable bonds is 0. The SMILES string of the molecule is CC12CCN(CC1)C2.CC1CC2CCC(C1)N2C.CC1CC2CCCC(C1)N2C.CC1CC2CCCN(C1)C2.CC1CCC2CCC(C1)N2C.CC1CCC2CCC1N2C.CC1CCC2CCN(C)C12.CC1CCCN2CCC1C2.CC1CCCN2CCCCC12.CC1CCN2CCC1C2.CC1CCN2CCC1CC2.CC1CN2CCC1C2.CC1CN2CCC1CC2. The Hall–Kier alpha value is -0.520. The minimum atomic E-state index is 0.736. The molecule has 28 rings (SSSR count). The van der Waals surface area contributed by atoms with Gasteiger partial charge in [0.15, 0.2) is 0 Å². The van der Waals surface area contributed by atoms with E-state index in [-0.39, 0.29) is 0 Å². The van der Waals surface area contributed by atoms with Crippen molar-refractivity contribution in [3.8, 4) is 0 Å². The Morgan fingerprint density at radius 1 is 0.213 bits per heavy atom. The largest absolute Gasteiger partial charge is 0.303 e. The van der Waals surface area contributed by atoms with E-state index in [9.17, 15) is 0 Å². The lowest BCUT2D eigenvalue weighted by molar-refractivity contribution is 0.0415. The van der Waals surface area contributed by atoms with Crippen LogP contribution in [0.1, 0.15) is 360 Å². The minimum Gasteiger partial charge on any atom is -0.303 e. The number of piperidine rings is 15. The molecule has 1 aliphatic carbocycles. The number of fused-ring (bicyclic) bond motifs is 27. The Balaban J connectivity index is 0.000000112. The van der Waals surface area contributed by atoms with Crippen LogP contribution in [0, 0.1) is 118 Å². The van der Waals surface area contributed by atoms with Gasteiger partial charge >= 0.3 is 0 Å². The molecule has 28 fully saturated rings. The van der Waals surface area contributed by atoms with Gasteiger partial charge in [-0.1, -0.05) is 103 Å². The van der Waals surface area contributed by atoms with Crippen LogP contribution < -0.4 is 0 Å². The summed E-state index contributed by atoms with van der Waals surface area (Å²) in [7, 11) is 11.5. The molecule has 22 bridgehead atoms. The molecular formula is C114H215N13. The molecule has 736 valence electrons. The maximum absolute atomic E-state index is 2.72. The monoisotopic (exact) mass is 1770 g/mol. The van der Waals surface area contributed by atoms with Crippen LogP contribution in [0.4, 0.5) is 0 Å². The van der Waals surface area contributed by atoms with Gasteiger partial charge in [0, 0.05) is 113 Å². The zero-order chi connectivity index (χ0) is 89.4. The molecule has 13 nitrogen and oxygen atoms in total. The molecule has 13 heteroatoms. The summed E-state index contributed by atoms with van der Waals surface area (Å²) in [6.45, 7) is 64.5. The molecule has 0 amide bonds. The van der Waals surface area contributed by atoms with Gasteiger partial charge in [0.1, 0.15) is 0 Å². The lowest BCUT2D eigenvalue weighted by atomic mass is 9.80. The molecule has 127 heavy (non-hydrogen) atoms. The molecule has 28 aliphatic rings. The summed E-state index contributed by atoms with van der Waals surface area (Å²) in [5.41, 5.74) is 0.736. The summed E-state index contributed by atoms with van der Waals surface area (Å²) >= 11 is 0. The summed E-state index contributed by atoms with van der Waals surface area (Å²) in [5.74, 6) is 19.3. The van der Waals surface area contributed by atoms with Crippen LogP contribution in [0.3, 0.4) is 0 Å². The van der Waals surface area contributed by atoms with Crippen LogP contribution in [0.25, 0.3) is 0 Å². The van der Waals surface area contributed by atoms with Crippen molar-refractivity contribution >= 4 is 0 Å². The maximum Gasteiger partial charge on any atom is 0.0147 e. The van der Waals surface area contributed by atoms with Crippen molar-refractivity contribution in [3.63, 3.8) is 0 Å². The summed E-state index contributed by atoms with van der Waals surface area (Å²) in [6, 6.07) is 9.37. The molecular weight excluding hydrogens is 1550 g/mol. The van der Waals surface area contributed by atoms with Crippen molar-refractivity contribution in [1.29, 1.82) is 0 Å². The second-order valence-electron chi connectivity index (χ2n) is 51.5. The van der Waals surface area contributed by atoms with Crippen LogP contribution in [0.2, 0.25) is 0 Å². The quantitative estimate of drug-likeness (QED) is 0.232. The first-order valence-corrected chi connectivity index (χ1v) is 57.6. The molecule has 27 saturated heterocycles. The van der Waals surface area contributed by atoms with E-state index < -0.39 is 0 Å². The predicted molar refractivity (Wildman–Crippen MR) is 545 cm³/mol. The van der Waals surface area contributed by atoms with E-state index in [1.807, 2.05) is 0 Å². The molecule has 1 saturated carbocycles. The molecule has 0 spiro atoms. The van der Waals surface area contributed by atoms with Crippen LogP contribution >= 0.6 is 0 Å². The van der Waals surface area contributed by atoms with E-state index in [1.165, 1.54) is 427 Å². The summed E-state index contributed by atoms with van der Waals surface area (Å²) in [5, 5.41) is 0. The first-order valence-electron chi connectivity index (χ1n) is 57.6. The topological polar surface area (TPSA) is 42.1 Å². The van der Waals surface area contributed by atoms with E-state index in [1.54, 1.807) is 0 Å². The Labute approximate surface area is 789 Å². The first kappa shape index (κ1) is 102. The van der Waals surface area contributed by atoms with Crippen molar-refractivity contribution < 1.29 is 0 Å². The number of hydrogen-bond acceptors (Lipinski definition) is 13. The minimum absolute atomic E-state index is 0.736. The lowest BCUT2D eigenvalue weighted by Gasteiger charge is -2.46. The second-order valence-corrected chi connectivity index (χ2v) is 51.5. The fraction of sp³-hybridized carbons (Fsp3) is 1.00. The van der Waals surface area contributed by atoms with E-state index in [0.29, 0.717) is 0 Å². The smallest absolute Gasteiger partial charge is 0.0147 e. The van der Waals surface area contributed by atoms with Gasteiger partial charge in [-0.15, -0.1) is 0 Å². The Morgan fingerprint density at radius 2 is 0.630 bits per heavy atom. The van der Waals surface area contributed by atoms with Crippen LogP contribution in [-0.2, 0) is 0 Å². The van der Waals surface area contributed by atoms with Crippen LogP contribution in [-0.4, -0.2) is 316 Å². The summed E-state index contributed by atoms with van der Waals surface area (Å²) in [4.78, 5) is 34.0. The highest BCUT2D eigenvalue weighted by Crippen LogP contribution is 2.45. The summed E-state index contributed by atoms with van der Waals surface area (Å²) < 4.78 is 0. The van der Waals surface area contributed by atoms with Crippen molar-refractivity contribution in [3.05, 3.63) is 0 Å². The standard InChI is InChI=1S/3C10H19N.6C9H17N.2C8H15N.2C7H13N/c1-8-3-4-9-5-6-10(7-8)11(9)2;1-8-6-9-4-3-5-10(7-8)11(9)2;1-9-5-4-8-11-7-3-2-6-10(9)11;1-8-2-5-10-6-3-9(8)4-7-10;1-7-5-8-3-4-9(6-7)10(8)2;1-7-3-4-8-5-6-10(2)9(7)8;1-7-3-4-8-5-6-9(7)10(8)2;1-8-3-2-5-10-6-4-9(8)7-10;1-8-5-9-3-2-4-10(6-8)7-9;1-7-6-9-4-2-8(7)3-5-9;1-7-2-4-9-5-3-8(7)6-9;1-7-2-4-8(6-7)5-3-7;1-6-4-8-3-2-7(6)5-8/h2*8-10H,3-7H2,1-2H3;9-10H,2-8H2,1H3;8-9H,2-7H2,1H3;3*7-9H,3-6H2,1-2H3;2*8-9H,2-7H2,1H3;2*7-8H,2-6H2,1H3;2-6H2,1H3;6-7H,2-5H2,1H3. The fourth-order valence-electron chi connectivity index (χ4n) is 32.5. The first-order chi connectivity index (χ1) is 61.2. The highest BCUT2D eigenvalue weighted by molar-refractivity contribution is 4.99. The van der Waals surface area contributed by atoms with Gasteiger partial charge < -0.3 is 63.7 Å². The molecule has 27 aliphatic heterocycles. The van der Waals surface area contributed by atoms with Crippen LogP contribution in [0.5, 0.6) is 0 Å². The number of nitrogens with zero attached hydrogens (tertiary/aromatic N) is 13. The molecule has 0 aromatic carbocycles. The second kappa shape index (κ2) is 49.9. The molecule has 0 aromatic rings. The molecule has 0 radical (unpaired) electrons. The van der Waals surface area contributed by atoms with Gasteiger partial charge in [0.2, 0.25) is 0 Å². The molecule has 29 unspecified atom stereocenters.